The van der Waals surface area contributed by atoms with Crippen LogP contribution in [0.4, 0.5) is 4.39 Å². The summed E-state index contributed by atoms with van der Waals surface area (Å²) in [4.78, 5) is 0. The van der Waals surface area contributed by atoms with Gasteiger partial charge in [0.25, 0.3) is 0 Å². The quantitative estimate of drug-likeness (QED) is 0.908. The average Bonchev–Trinajstić information content (AvgIpc) is 2.70. The van der Waals surface area contributed by atoms with Crippen LogP contribution in [0.1, 0.15) is 5.76 Å². The summed E-state index contributed by atoms with van der Waals surface area (Å²) in [7, 11) is 0. The number of furan rings is 1. The van der Waals surface area contributed by atoms with Gasteiger partial charge in [0.15, 0.2) is 0 Å². The summed E-state index contributed by atoms with van der Waals surface area (Å²) in [6.45, 7) is -0.154. The summed E-state index contributed by atoms with van der Waals surface area (Å²) in [6.07, 6.45) is 0. The van der Waals surface area contributed by atoms with E-state index in [-0.39, 0.29) is 12.4 Å². The SMILES string of the molecule is OCc1ccc(-c2ccc(Br)c(F)c2)o1. The molecular weight excluding hydrogens is 263 g/mol. The maximum atomic E-state index is 13.2. The molecule has 4 heteroatoms. The Bertz CT molecular complexity index is 479. The van der Waals surface area contributed by atoms with Crippen LogP contribution in [0.5, 0.6) is 0 Å². The zero-order chi connectivity index (χ0) is 10.8. The molecule has 1 aromatic heterocycles. The number of benzene rings is 1. The second-order valence-corrected chi connectivity index (χ2v) is 3.91. The molecule has 78 valence electrons. The fourth-order valence-corrected chi connectivity index (χ4v) is 1.51. The van der Waals surface area contributed by atoms with Crippen LogP contribution in [0.25, 0.3) is 11.3 Å². The molecule has 1 N–H and O–H groups in total. The predicted octanol–water partition coefficient (Wildman–Crippen LogP) is 3.34. The van der Waals surface area contributed by atoms with E-state index < -0.39 is 0 Å². The normalized spacial score (nSPS) is 10.6. The standard InChI is InChI=1S/C11H8BrFO2/c12-9-3-1-7(5-10(9)13)11-4-2-8(6-14)15-11/h1-5,14H,6H2. The van der Waals surface area contributed by atoms with E-state index in [2.05, 4.69) is 15.9 Å². The number of rotatable bonds is 2. The average molecular weight is 271 g/mol. The van der Waals surface area contributed by atoms with Gasteiger partial charge >= 0.3 is 0 Å². The second kappa shape index (κ2) is 4.16. The van der Waals surface area contributed by atoms with Gasteiger partial charge in [-0.1, -0.05) is 0 Å². The van der Waals surface area contributed by atoms with E-state index in [1.54, 1.807) is 24.3 Å². The zero-order valence-corrected chi connectivity index (χ0v) is 9.29. The van der Waals surface area contributed by atoms with Crippen LogP contribution < -0.4 is 0 Å². The molecule has 0 aliphatic carbocycles. The highest BCUT2D eigenvalue weighted by Crippen LogP contribution is 2.26. The molecule has 0 saturated heterocycles. The van der Waals surface area contributed by atoms with Gasteiger partial charge in [-0.3, -0.25) is 0 Å². The van der Waals surface area contributed by atoms with Crippen LogP contribution in [0.2, 0.25) is 0 Å². The van der Waals surface area contributed by atoms with E-state index in [0.29, 0.717) is 21.6 Å². The fourth-order valence-electron chi connectivity index (χ4n) is 1.27. The first-order valence-electron chi connectivity index (χ1n) is 4.35. The van der Waals surface area contributed by atoms with Crippen molar-refractivity contribution in [1.82, 2.24) is 0 Å². The molecule has 0 atom stereocenters. The highest BCUT2D eigenvalue weighted by atomic mass is 79.9. The lowest BCUT2D eigenvalue weighted by Crippen LogP contribution is -1.80. The number of halogens is 2. The molecule has 0 radical (unpaired) electrons. The first-order chi connectivity index (χ1) is 7.20. The molecule has 0 aliphatic rings. The molecule has 0 spiro atoms. The molecule has 1 aromatic carbocycles. The maximum absolute atomic E-state index is 13.2. The van der Waals surface area contributed by atoms with E-state index >= 15 is 0 Å². The van der Waals surface area contributed by atoms with Gasteiger partial charge in [0.05, 0.1) is 4.47 Å². The molecule has 0 saturated carbocycles. The molecule has 2 aromatic rings. The molecule has 0 amide bonds. The van der Waals surface area contributed by atoms with Gasteiger partial charge in [-0.2, -0.15) is 0 Å². The van der Waals surface area contributed by atoms with Crippen molar-refractivity contribution in [2.24, 2.45) is 0 Å². The van der Waals surface area contributed by atoms with Crippen LogP contribution in [-0.2, 0) is 6.61 Å². The first kappa shape index (κ1) is 10.4. The molecule has 15 heavy (non-hydrogen) atoms. The van der Waals surface area contributed by atoms with Gasteiger partial charge in [0.2, 0.25) is 0 Å². The second-order valence-electron chi connectivity index (χ2n) is 3.05. The van der Waals surface area contributed by atoms with Gasteiger partial charge in [-0.15, -0.1) is 0 Å². The van der Waals surface area contributed by atoms with Gasteiger partial charge < -0.3 is 9.52 Å². The topological polar surface area (TPSA) is 33.4 Å². The highest BCUT2D eigenvalue weighted by Gasteiger charge is 2.06. The Morgan fingerprint density at radius 1 is 1.27 bits per heavy atom. The molecule has 0 fully saturated rings. The molecule has 0 bridgehead atoms. The van der Waals surface area contributed by atoms with Crippen molar-refractivity contribution in [3.8, 4) is 11.3 Å². The molecule has 2 rings (SSSR count). The van der Waals surface area contributed by atoms with Crippen molar-refractivity contribution < 1.29 is 13.9 Å². The lowest BCUT2D eigenvalue weighted by atomic mass is 10.2. The summed E-state index contributed by atoms with van der Waals surface area (Å²) >= 11 is 3.08. The van der Waals surface area contributed by atoms with E-state index in [1.165, 1.54) is 6.07 Å². The summed E-state index contributed by atoms with van der Waals surface area (Å²) in [5, 5.41) is 8.82. The first-order valence-corrected chi connectivity index (χ1v) is 5.15. The summed E-state index contributed by atoms with van der Waals surface area (Å²) in [5.41, 5.74) is 0.649. The van der Waals surface area contributed by atoms with Crippen LogP contribution in [0, 0.1) is 5.82 Å². The summed E-state index contributed by atoms with van der Waals surface area (Å²) in [6, 6.07) is 8.10. The van der Waals surface area contributed by atoms with E-state index in [1.807, 2.05) is 0 Å². The predicted molar refractivity (Wildman–Crippen MR) is 57.7 cm³/mol. The van der Waals surface area contributed by atoms with Crippen molar-refractivity contribution in [3.63, 3.8) is 0 Å². The minimum absolute atomic E-state index is 0.154. The van der Waals surface area contributed by atoms with Crippen LogP contribution in [0.3, 0.4) is 0 Å². The van der Waals surface area contributed by atoms with E-state index in [4.69, 9.17) is 9.52 Å². The van der Waals surface area contributed by atoms with Crippen LogP contribution in [-0.4, -0.2) is 5.11 Å². The fraction of sp³-hybridized carbons (Fsp3) is 0.0909. The smallest absolute Gasteiger partial charge is 0.138 e. The number of hydrogen-bond donors (Lipinski definition) is 1. The Morgan fingerprint density at radius 2 is 2.07 bits per heavy atom. The third-order valence-corrected chi connectivity index (χ3v) is 2.66. The molecular formula is C11H8BrFO2. The van der Waals surface area contributed by atoms with Crippen molar-refractivity contribution in [2.75, 3.05) is 0 Å². The lowest BCUT2D eigenvalue weighted by Gasteiger charge is -1.98. The Hall–Kier alpha value is -1.13. The Balaban J connectivity index is 2.40. The monoisotopic (exact) mass is 270 g/mol. The molecule has 0 aliphatic heterocycles. The number of hydrogen-bond acceptors (Lipinski definition) is 2. The van der Waals surface area contributed by atoms with Crippen molar-refractivity contribution in [2.45, 2.75) is 6.61 Å². The number of aliphatic hydroxyl groups is 1. The van der Waals surface area contributed by atoms with Gasteiger partial charge in [0, 0.05) is 5.56 Å². The maximum Gasteiger partial charge on any atom is 0.138 e. The largest absolute Gasteiger partial charge is 0.459 e. The van der Waals surface area contributed by atoms with E-state index in [9.17, 15) is 4.39 Å². The third kappa shape index (κ3) is 2.11. The summed E-state index contributed by atoms with van der Waals surface area (Å²) < 4.78 is 18.9. The van der Waals surface area contributed by atoms with Crippen molar-refractivity contribution in [1.29, 1.82) is 0 Å². The van der Waals surface area contributed by atoms with Gasteiger partial charge in [-0.05, 0) is 46.3 Å². The minimum atomic E-state index is -0.338. The molecule has 1 heterocycles. The van der Waals surface area contributed by atoms with Gasteiger partial charge in [-0.25, -0.2) is 4.39 Å². The number of aliphatic hydroxyl groups excluding tert-OH is 1. The lowest BCUT2D eigenvalue weighted by molar-refractivity contribution is 0.248. The Kier molecular flexibility index (Phi) is 2.88. The molecule has 2 nitrogen and oxygen atoms in total. The molecule has 0 unspecified atom stereocenters. The van der Waals surface area contributed by atoms with E-state index in [0.717, 1.165) is 0 Å². The summed E-state index contributed by atoms with van der Waals surface area (Å²) in [5.74, 6) is 0.674. The minimum Gasteiger partial charge on any atom is -0.459 e. The van der Waals surface area contributed by atoms with Gasteiger partial charge in [0.1, 0.15) is 23.9 Å². The highest BCUT2D eigenvalue weighted by molar-refractivity contribution is 9.10. The third-order valence-electron chi connectivity index (χ3n) is 2.02. The van der Waals surface area contributed by atoms with Crippen LogP contribution in [0.15, 0.2) is 39.2 Å². The van der Waals surface area contributed by atoms with Crippen LogP contribution >= 0.6 is 15.9 Å². The van der Waals surface area contributed by atoms with Crippen molar-refractivity contribution >= 4 is 15.9 Å². The Morgan fingerprint density at radius 3 is 2.67 bits per heavy atom. The zero-order valence-electron chi connectivity index (χ0n) is 7.71. The van der Waals surface area contributed by atoms with Crippen molar-refractivity contribution in [3.05, 3.63) is 46.4 Å². The Labute approximate surface area is 94.5 Å².